The average molecular weight is 311 g/mol. The van der Waals surface area contributed by atoms with Gasteiger partial charge in [0.05, 0.1) is 6.54 Å². The third-order valence-electron chi connectivity index (χ3n) is 2.00. The van der Waals surface area contributed by atoms with Crippen LogP contribution in [0.4, 0.5) is 26.7 Å². The fourth-order valence-electron chi connectivity index (χ4n) is 1.13. The van der Waals surface area contributed by atoms with E-state index >= 15 is 0 Å². The molecule has 0 bridgehead atoms. The highest BCUT2D eigenvalue weighted by Crippen LogP contribution is 2.34. The Morgan fingerprint density at radius 3 is 2.32 bits per heavy atom. The zero-order chi connectivity index (χ0) is 15.1. The maximum Gasteiger partial charge on any atom is 0.534 e. The summed E-state index contributed by atoms with van der Waals surface area (Å²) in [6.07, 6.45) is -1.46. The Morgan fingerprint density at radius 1 is 1.42 bits per heavy atom. The second-order valence-electron chi connectivity index (χ2n) is 3.42. The number of carboxylic acid groups (broad SMARTS) is 1. The first-order chi connectivity index (χ1) is 8.37. The molecule has 0 saturated heterocycles. The van der Waals surface area contributed by atoms with E-state index in [4.69, 9.17) is 5.11 Å². The number of hydrogen-bond donors (Lipinski definition) is 1. The molecular weight excluding hydrogens is 305 g/mol. The van der Waals surface area contributed by atoms with E-state index in [-0.39, 0.29) is 11.0 Å². The van der Waals surface area contributed by atoms with Gasteiger partial charge >= 0.3 is 27.6 Å². The molecule has 6 nitrogen and oxygen atoms in total. The van der Waals surface area contributed by atoms with Crippen molar-refractivity contribution in [3.05, 3.63) is 11.8 Å². The van der Waals surface area contributed by atoms with Crippen LogP contribution < -0.4 is 0 Å². The summed E-state index contributed by atoms with van der Waals surface area (Å²) in [5.74, 6) is -5.92. The first-order valence-electron chi connectivity index (χ1n) is 4.44. The molecule has 1 amide bonds. The fourth-order valence-corrected chi connectivity index (χ4v) is 1.65. The molecule has 12 heteroatoms. The Balaban J connectivity index is 3.00. The summed E-state index contributed by atoms with van der Waals surface area (Å²) in [5, 5.41) is 8.44. The summed E-state index contributed by atoms with van der Waals surface area (Å²) < 4.78 is 86.9. The highest BCUT2D eigenvalue weighted by molar-refractivity contribution is 7.87. The van der Waals surface area contributed by atoms with E-state index in [1.165, 1.54) is 0 Å². The van der Waals surface area contributed by atoms with Gasteiger partial charge in [-0.15, -0.1) is 0 Å². The Morgan fingerprint density at radius 2 is 1.95 bits per heavy atom. The van der Waals surface area contributed by atoms with Gasteiger partial charge in [0, 0.05) is 6.54 Å². The quantitative estimate of drug-likeness (QED) is 0.473. The third-order valence-corrected chi connectivity index (χ3v) is 2.97. The lowest BCUT2D eigenvalue weighted by Gasteiger charge is -2.30. The Kier molecular flexibility index (Phi) is 3.67. The molecule has 19 heavy (non-hydrogen) atoms. The van der Waals surface area contributed by atoms with Crippen LogP contribution >= 0.6 is 0 Å². The molecule has 0 spiro atoms. The summed E-state index contributed by atoms with van der Waals surface area (Å²) in [7, 11) is -6.22. The number of rotatable bonds is 2. The Hall–Kier alpha value is -1.59. The van der Waals surface area contributed by atoms with Gasteiger partial charge in [0.2, 0.25) is 0 Å². The molecule has 0 aromatic carbocycles. The van der Waals surface area contributed by atoms with Crippen molar-refractivity contribution in [3.8, 4) is 0 Å². The fraction of sp³-hybridized carbons (Fsp3) is 0.571. The molecule has 1 N–H and O–H groups in total. The number of halogens is 5. The van der Waals surface area contributed by atoms with Gasteiger partial charge < -0.3 is 9.29 Å². The van der Waals surface area contributed by atoms with Crippen LogP contribution in [0.1, 0.15) is 0 Å². The van der Waals surface area contributed by atoms with Gasteiger partial charge in [-0.2, -0.15) is 30.4 Å². The molecule has 1 aliphatic rings. The van der Waals surface area contributed by atoms with Gasteiger partial charge in [0.15, 0.2) is 5.76 Å². The van der Waals surface area contributed by atoms with Gasteiger partial charge in [-0.05, 0) is 6.08 Å². The standard InChI is InChI=1S/C7H6F5NO5S/c8-6(9)3-13(5(14)15)2-1-4(6)18-19(16,17)7(10,11)12/h1H,2-3H2,(H,14,15). The van der Waals surface area contributed by atoms with Crippen LogP contribution in [-0.2, 0) is 14.3 Å². The van der Waals surface area contributed by atoms with Crippen molar-refractivity contribution in [2.75, 3.05) is 13.1 Å². The molecule has 1 heterocycles. The van der Waals surface area contributed by atoms with Crippen LogP contribution in [0, 0.1) is 0 Å². The van der Waals surface area contributed by atoms with Crippen molar-refractivity contribution in [1.29, 1.82) is 0 Å². The van der Waals surface area contributed by atoms with Gasteiger partial charge in [-0.1, -0.05) is 0 Å². The van der Waals surface area contributed by atoms with Crippen molar-refractivity contribution in [2.45, 2.75) is 11.4 Å². The predicted octanol–water partition coefficient (Wildman–Crippen LogP) is 1.37. The molecule has 0 aliphatic carbocycles. The molecule has 0 atom stereocenters. The van der Waals surface area contributed by atoms with Crippen LogP contribution in [0.25, 0.3) is 0 Å². The van der Waals surface area contributed by atoms with Crippen LogP contribution in [0.5, 0.6) is 0 Å². The molecule has 1 aliphatic heterocycles. The van der Waals surface area contributed by atoms with Crippen molar-refractivity contribution < 1.29 is 44.5 Å². The lowest BCUT2D eigenvalue weighted by molar-refractivity contribution is -0.0625. The molecule has 0 saturated carbocycles. The lowest BCUT2D eigenvalue weighted by atomic mass is 10.2. The van der Waals surface area contributed by atoms with Gasteiger partial charge in [-0.25, -0.2) is 4.79 Å². The summed E-state index contributed by atoms with van der Waals surface area (Å²) in [5.41, 5.74) is -5.85. The van der Waals surface area contributed by atoms with Crippen molar-refractivity contribution in [1.82, 2.24) is 4.90 Å². The van der Waals surface area contributed by atoms with E-state index in [9.17, 15) is 35.2 Å². The predicted molar refractivity (Wildman–Crippen MR) is 48.7 cm³/mol. The third kappa shape index (κ3) is 3.24. The highest BCUT2D eigenvalue weighted by atomic mass is 32.2. The molecule has 0 fully saturated rings. The second kappa shape index (κ2) is 4.51. The SMILES string of the molecule is O=C(O)N1CC=C(OS(=O)(=O)C(F)(F)F)C(F)(F)C1. The smallest absolute Gasteiger partial charge is 0.465 e. The minimum absolute atomic E-state index is 0.188. The van der Waals surface area contributed by atoms with Gasteiger partial charge in [0.25, 0.3) is 0 Å². The normalized spacial score (nSPS) is 19.8. The van der Waals surface area contributed by atoms with Crippen molar-refractivity contribution in [2.24, 2.45) is 0 Å². The van der Waals surface area contributed by atoms with Crippen LogP contribution in [0.3, 0.4) is 0 Å². The maximum atomic E-state index is 13.3. The number of amides is 1. The summed E-state index contributed by atoms with van der Waals surface area (Å²) in [4.78, 5) is 10.6. The van der Waals surface area contributed by atoms with Crippen LogP contribution in [0.15, 0.2) is 11.8 Å². The molecule has 0 radical (unpaired) electrons. The van der Waals surface area contributed by atoms with E-state index < -0.39 is 46.5 Å². The molecule has 0 aromatic rings. The Bertz CT molecular complexity index is 510. The van der Waals surface area contributed by atoms with Crippen molar-refractivity contribution >= 4 is 16.2 Å². The minimum Gasteiger partial charge on any atom is -0.465 e. The molecule has 0 unspecified atom stereocenters. The molecular formula is C7H6F5NO5S. The number of hydrogen-bond acceptors (Lipinski definition) is 4. The van der Waals surface area contributed by atoms with Gasteiger partial charge in [-0.3, -0.25) is 4.90 Å². The van der Waals surface area contributed by atoms with E-state index in [0.717, 1.165) is 0 Å². The number of carbonyl (C=O) groups is 1. The molecule has 110 valence electrons. The first-order valence-corrected chi connectivity index (χ1v) is 5.85. The van der Waals surface area contributed by atoms with E-state index in [1.807, 2.05) is 0 Å². The van der Waals surface area contributed by atoms with E-state index in [2.05, 4.69) is 4.18 Å². The molecule has 0 aromatic heterocycles. The first kappa shape index (κ1) is 15.5. The minimum atomic E-state index is -6.22. The zero-order valence-corrected chi connectivity index (χ0v) is 9.63. The summed E-state index contributed by atoms with van der Waals surface area (Å²) in [6, 6.07) is 0. The topological polar surface area (TPSA) is 83.9 Å². The van der Waals surface area contributed by atoms with Crippen LogP contribution in [0.2, 0.25) is 0 Å². The Labute approximate surface area is 103 Å². The largest absolute Gasteiger partial charge is 0.534 e. The van der Waals surface area contributed by atoms with Crippen LogP contribution in [-0.4, -0.2) is 49.0 Å². The second-order valence-corrected chi connectivity index (χ2v) is 4.96. The number of nitrogens with zero attached hydrogens (tertiary/aromatic N) is 1. The van der Waals surface area contributed by atoms with E-state index in [0.29, 0.717) is 0 Å². The van der Waals surface area contributed by atoms with Crippen molar-refractivity contribution in [3.63, 3.8) is 0 Å². The summed E-state index contributed by atoms with van der Waals surface area (Å²) in [6.45, 7) is -2.21. The number of alkyl halides is 5. The molecule has 1 rings (SSSR count). The maximum absolute atomic E-state index is 13.3. The van der Waals surface area contributed by atoms with E-state index in [1.54, 1.807) is 0 Å². The monoisotopic (exact) mass is 311 g/mol. The average Bonchev–Trinajstić information content (AvgIpc) is 2.18. The summed E-state index contributed by atoms with van der Waals surface area (Å²) >= 11 is 0. The van der Waals surface area contributed by atoms with Gasteiger partial charge in [0.1, 0.15) is 0 Å². The zero-order valence-electron chi connectivity index (χ0n) is 8.82. The highest BCUT2D eigenvalue weighted by Gasteiger charge is 2.53. The lowest BCUT2D eigenvalue weighted by Crippen LogP contribution is -2.46.